The number of aryl methyl sites for hydroxylation is 1. The van der Waals surface area contributed by atoms with Crippen molar-refractivity contribution in [2.24, 2.45) is 5.92 Å². The molecular weight excluding hydrogens is 302 g/mol. The van der Waals surface area contributed by atoms with Gasteiger partial charge in [0, 0.05) is 17.2 Å². The van der Waals surface area contributed by atoms with Crippen LogP contribution in [0.4, 0.5) is 5.69 Å². The Morgan fingerprint density at radius 2 is 1.96 bits per heavy atom. The molecule has 0 aliphatic carbocycles. The summed E-state index contributed by atoms with van der Waals surface area (Å²) in [5, 5.41) is 15.6. The molecule has 0 radical (unpaired) electrons. The SMILES string of the molecule is CCC(CC)C(=O)Nc1cccc(-c2ccc3nnc(C)n3n2)c1. The van der Waals surface area contributed by atoms with Crippen LogP contribution < -0.4 is 5.32 Å². The molecule has 1 amide bonds. The van der Waals surface area contributed by atoms with E-state index in [1.807, 2.05) is 57.2 Å². The molecule has 0 fully saturated rings. The fourth-order valence-electron chi connectivity index (χ4n) is 2.71. The average molecular weight is 323 g/mol. The molecule has 3 rings (SSSR count). The summed E-state index contributed by atoms with van der Waals surface area (Å²) in [6.45, 7) is 5.93. The molecule has 1 N–H and O–H groups in total. The minimum atomic E-state index is 0.0443. The lowest BCUT2D eigenvalue weighted by Crippen LogP contribution is -2.21. The minimum absolute atomic E-state index is 0.0443. The molecule has 24 heavy (non-hydrogen) atoms. The highest BCUT2D eigenvalue weighted by Gasteiger charge is 2.14. The van der Waals surface area contributed by atoms with Gasteiger partial charge in [0.2, 0.25) is 5.91 Å². The Morgan fingerprint density at radius 1 is 1.17 bits per heavy atom. The monoisotopic (exact) mass is 323 g/mol. The normalized spacial score (nSPS) is 11.2. The molecule has 124 valence electrons. The van der Waals surface area contributed by atoms with Gasteiger partial charge in [-0.1, -0.05) is 26.0 Å². The van der Waals surface area contributed by atoms with Gasteiger partial charge in [-0.25, -0.2) is 0 Å². The standard InChI is InChI=1S/C18H21N5O/c1-4-13(5-2)18(24)19-15-8-6-7-14(11-15)16-9-10-17-21-20-12(3)23(17)22-16/h6-11,13H,4-5H2,1-3H3,(H,19,24). The zero-order valence-corrected chi connectivity index (χ0v) is 14.2. The van der Waals surface area contributed by atoms with Crippen LogP contribution in [-0.2, 0) is 4.79 Å². The maximum atomic E-state index is 12.3. The molecule has 0 aliphatic heterocycles. The fourth-order valence-corrected chi connectivity index (χ4v) is 2.71. The van der Waals surface area contributed by atoms with E-state index in [4.69, 9.17) is 0 Å². The van der Waals surface area contributed by atoms with Crippen molar-refractivity contribution in [3.05, 3.63) is 42.2 Å². The van der Waals surface area contributed by atoms with Gasteiger partial charge in [0.05, 0.1) is 5.69 Å². The summed E-state index contributed by atoms with van der Waals surface area (Å²) in [6.07, 6.45) is 1.68. The maximum Gasteiger partial charge on any atom is 0.227 e. The summed E-state index contributed by atoms with van der Waals surface area (Å²) in [5.74, 6) is 0.850. The van der Waals surface area contributed by atoms with Crippen molar-refractivity contribution in [3.63, 3.8) is 0 Å². The summed E-state index contributed by atoms with van der Waals surface area (Å²) >= 11 is 0. The Kier molecular flexibility index (Phi) is 4.55. The third kappa shape index (κ3) is 3.13. The quantitative estimate of drug-likeness (QED) is 0.780. The van der Waals surface area contributed by atoms with Gasteiger partial charge in [0.25, 0.3) is 0 Å². The molecule has 0 spiro atoms. The number of hydrogen-bond donors (Lipinski definition) is 1. The maximum absolute atomic E-state index is 12.3. The first-order valence-electron chi connectivity index (χ1n) is 8.22. The highest BCUT2D eigenvalue weighted by molar-refractivity contribution is 5.93. The minimum Gasteiger partial charge on any atom is -0.326 e. The van der Waals surface area contributed by atoms with Gasteiger partial charge in [-0.05, 0) is 44.0 Å². The second-order valence-corrected chi connectivity index (χ2v) is 5.82. The van der Waals surface area contributed by atoms with Gasteiger partial charge in [-0.2, -0.15) is 9.61 Å². The molecule has 0 saturated carbocycles. The predicted molar refractivity (Wildman–Crippen MR) is 93.7 cm³/mol. The Labute approximate surface area is 140 Å². The van der Waals surface area contributed by atoms with Crippen LogP contribution in [0.2, 0.25) is 0 Å². The van der Waals surface area contributed by atoms with Crippen molar-refractivity contribution >= 4 is 17.2 Å². The largest absolute Gasteiger partial charge is 0.326 e. The number of nitrogens with zero attached hydrogens (tertiary/aromatic N) is 4. The number of nitrogens with one attached hydrogen (secondary N) is 1. The van der Waals surface area contributed by atoms with E-state index in [1.54, 1.807) is 4.52 Å². The number of carbonyl (C=O) groups excluding carboxylic acids is 1. The third-order valence-electron chi connectivity index (χ3n) is 4.20. The van der Waals surface area contributed by atoms with E-state index in [0.29, 0.717) is 0 Å². The first-order valence-corrected chi connectivity index (χ1v) is 8.22. The van der Waals surface area contributed by atoms with Crippen molar-refractivity contribution in [3.8, 4) is 11.3 Å². The van der Waals surface area contributed by atoms with Crippen LogP contribution in [0.3, 0.4) is 0 Å². The van der Waals surface area contributed by atoms with Gasteiger partial charge in [0.1, 0.15) is 0 Å². The van der Waals surface area contributed by atoms with E-state index < -0.39 is 0 Å². The van der Waals surface area contributed by atoms with Crippen LogP contribution in [-0.4, -0.2) is 25.7 Å². The molecule has 0 aliphatic rings. The zero-order valence-electron chi connectivity index (χ0n) is 14.2. The molecule has 0 saturated heterocycles. The molecule has 0 bridgehead atoms. The molecule has 6 heteroatoms. The van der Waals surface area contributed by atoms with Gasteiger partial charge in [0.15, 0.2) is 11.5 Å². The van der Waals surface area contributed by atoms with E-state index in [0.717, 1.165) is 41.3 Å². The molecule has 2 heterocycles. The van der Waals surface area contributed by atoms with Crippen molar-refractivity contribution < 1.29 is 4.79 Å². The van der Waals surface area contributed by atoms with E-state index >= 15 is 0 Å². The Hall–Kier alpha value is -2.76. The number of amides is 1. The molecule has 6 nitrogen and oxygen atoms in total. The zero-order chi connectivity index (χ0) is 17.1. The van der Waals surface area contributed by atoms with Crippen LogP contribution in [0.15, 0.2) is 36.4 Å². The number of carbonyl (C=O) groups is 1. The summed E-state index contributed by atoms with van der Waals surface area (Å²) in [5.41, 5.74) is 3.25. The molecule has 1 aromatic carbocycles. The van der Waals surface area contributed by atoms with Crippen LogP contribution in [0.1, 0.15) is 32.5 Å². The lowest BCUT2D eigenvalue weighted by Gasteiger charge is -2.13. The molecular formula is C18H21N5O. The highest BCUT2D eigenvalue weighted by atomic mass is 16.1. The van der Waals surface area contributed by atoms with E-state index in [2.05, 4.69) is 20.6 Å². The number of anilines is 1. The van der Waals surface area contributed by atoms with Crippen LogP contribution in [0.25, 0.3) is 16.9 Å². The lowest BCUT2D eigenvalue weighted by molar-refractivity contribution is -0.120. The summed E-state index contributed by atoms with van der Waals surface area (Å²) in [4.78, 5) is 12.3. The van der Waals surface area contributed by atoms with Gasteiger partial charge in [-0.3, -0.25) is 4.79 Å². The van der Waals surface area contributed by atoms with Crippen LogP contribution in [0, 0.1) is 12.8 Å². The van der Waals surface area contributed by atoms with Crippen molar-refractivity contribution in [1.82, 2.24) is 19.8 Å². The highest BCUT2D eigenvalue weighted by Crippen LogP contribution is 2.22. The van der Waals surface area contributed by atoms with E-state index in [9.17, 15) is 4.79 Å². The predicted octanol–water partition coefficient (Wildman–Crippen LogP) is 3.47. The van der Waals surface area contributed by atoms with Crippen molar-refractivity contribution in [2.75, 3.05) is 5.32 Å². The molecule has 3 aromatic rings. The van der Waals surface area contributed by atoms with Crippen molar-refractivity contribution in [1.29, 1.82) is 0 Å². The second-order valence-electron chi connectivity index (χ2n) is 5.82. The van der Waals surface area contributed by atoms with Gasteiger partial charge < -0.3 is 5.32 Å². The third-order valence-corrected chi connectivity index (χ3v) is 4.20. The van der Waals surface area contributed by atoms with Gasteiger partial charge in [-0.15, -0.1) is 10.2 Å². The number of rotatable bonds is 5. The van der Waals surface area contributed by atoms with Gasteiger partial charge >= 0.3 is 0 Å². The summed E-state index contributed by atoms with van der Waals surface area (Å²) in [7, 11) is 0. The Bertz CT molecular complexity index is 867. The first kappa shape index (κ1) is 16.1. The fraction of sp³-hybridized carbons (Fsp3) is 0.333. The van der Waals surface area contributed by atoms with Crippen LogP contribution >= 0.6 is 0 Å². The van der Waals surface area contributed by atoms with Crippen molar-refractivity contribution in [2.45, 2.75) is 33.6 Å². The number of aromatic nitrogens is 4. The summed E-state index contributed by atoms with van der Waals surface area (Å²) in [6, 6.07) is 11.5. The molecule has 2 aromatic heterocycles. The molecule has 0 unspecified atom stereocenters. The summed E-state index contributed by atoms with van der Waals surface area (Å²) < 4.78 is 1.71. The Balaban J connectivity index is 1.89. The van der Waals surface area contributed by atoms with E-state index in [-0.39, 0.29) is 11.8 Å². The number of benzene rings is 1. The average Bonchev–Trinajstić information content (AvgIpc) is 2.97. The van der Waals surface area contributed by atoms with Crippen LogP contribution in [0.5, 0.6) is 0 Å². The smallest absolute Gasteiger partial charge is 0.227 e. The number of fused-ring (bicyclic) bond motifs is 1. The topological polar surface area (TPSA) is 72.2 Å². The lowest BCUT2D eigenvalue weighted by atomic mass is 10.0. The Morgan fingerprint density at radius 3 is 2.71 bits per heavy atom. The van der Waals surface area contributed by atoms with E-state index in [1.165, 1.54) is 0 Å². The first-order chi connectivity index (χ1) is 11.6. The number of hydrogen-bond acceptors (Lipinski definition) is 4. The second kappa shape index (κ2) is 6.78. The molecule has 0 atom stereocenters.